The van der Waals surface area contributed by atoms with Gasteiger partial charge in [-0.05, 0) is 29.2 Å². The van der Waals surface area contributed by atoms with Crippen molar-refractivity contribution in [3.05, 3.63) is 54.1 Å². The molecule has 0 aliphatic heterocycles. The van der Waals surface area contributed by atoms with E-state index in [1.807, 2.05) is 48.5 Å². The molecule has 0 saturated carbocycles. The van der Waals surface area contributed by atoms with E-state index < -0.39 is 10.0 Å². The van der Waals surface area contributed by atoms with E-state index in [4.69, 9.17) is 10.9 Å². The normalized spacial score (nSPS) is 11.4. The van der Waals surface area contributed by atoms with Crippen molar-refractivity contribution in [2.24, 2.45) is 5.14 Å². The highest BCUT2D eigenvalue weighted by Gasteiger charge is 2.07. The van der Waals surface area contributed by atoms with E-state index in [1.54, 1.807) is 0 Å². The van der Waals surface area contributed by atoms with Gasteiger partial charge in [-0.2, -0.15) is 0 Å². The van der Waals surface area contributed by atoms with E-state index in [9.17, 15) is 8.42 Å². The van der Waals surface area contributed by atoms with Gasteiger partial charge in [0.05, 0.1) is 5.75 Å². The molecule has 4 N–H and O–H groups in total. The monoisotopic (exact) mass is 276 g/mol. The minimum Gasteiger partial charge on any atom is -0.398 e. The Hall–Kier alpha value is -1.85. The molecule has 2 rings (SSSR count). The maximum absolute atomic E-state index is 10.9. The van der Waals surface area contributed by atoms with Gasteiger partial charge in [-0.3, -0.25) is 0 Å². The number of aryl methyl sites for hydroxylation is 1. The van der Waals surface area contributed by atoms with Gasteiger partial charge in [-0.25, -0.2) is 13.6 Å². The summed E-state index contributed by atoms with van der Waals surface area (Å²) in [6, 6.07) is 15.5. The maximum atomic E-state index is 10.9. The van der Waals surface area contributed by atoms with Crippen LogP contribution < -0.4 is 10.9 Å². The summed E-state index contributed by atoms with van der Waals surface area (Å²) in [7, 11) is -3.46. The van der Waals surface area contributed by atoms with Crippen LogP contribution in [0.15, 0.2) is 48.5 Å². The van der Waals surface area contributed by atoms with Gasteiger partial charge in [0.2, 0.25) is 10.0 Å². The Balaban J connectivity index is 2.23. The molecule has 0 amide bonds. The molecule has 2 aromatic carbocycles. The highest BCUT2D eigenvalue weighted by atomic mass is 32.2. The second kappa shape index (κ2) is 5.42. The number of anilines is 1. The number of primary sulfonamides is 1. The average molecular weight is 276 g/mol. The number of nitrogens with two attached hydrogens (primary N) is 2. The summed E-state index contributed by atoms with van der Waals surface area (Å²) in [5, 5.41) is 4.99. The van der Waals surface area contributed by atoms with Crippen LogP contribution in [0.4, 0.5) is 5.69 Å². The lowest BCUT2D eigenvalue weighted by Gasteiger charge is -2.08. The van der Waals surface area contributed by atoms with Crippen LogP contribution in [-0.4, -0.2) is 14.2 Å². The third kappa shape index (κ3) is 3.81. The van der Waals surface area contributed by atoms with E-state index in [0.29, 0.717) is 12.1 Å². The largest absolute Gasteiger partial charge is 0.398 e. The van der Waals surface area contributed by atoms with Gasteiger partial charge in [-0.15, -0.1) is 0 Å². The maximum Gasteiger partial charge on any atom is 0.209 e. The highest BCUT2D eigenvalue weighted by molar-refractivity contribution is 7.89. The Labute approximate surface area is 113 Å². The van der Waals surface area contributed by atoms with Crippen molar-refractivity contribution in [1.82, 2.24) is 0 Å². The van der Waals surface area contributed by atoms with Crippen LogP contribution in [-0.2, 0) is 16.4 Å². The van der Waals surface area contributed by atoms with Crippen molar-refractivity contribution in [3.8, 4) is 11.1 Å². The predicted octanol–water partition coefficient (Wildman–Crippen LogP) is 1.77. The molecule has 4 nitrogen and oxygen atoms in total. The molecule has 2 aromatic rings. The van der Waals surface area contributed by atoms with Gasteiger partial charge in [0.15, 0.2) is 0 Å². The first-order valence-electron chi connectivity index (χ1n) is 5.90. The van der Waals surface area contributed by atoms with Crippen molar-refractivity contribution in [2.75, 3.05) is 11.5 Å². The summed E-state index contributed by atoms with van der Waals surface area (Å²) in [6.07, 6.45) is 0.333. The van der Waals surface area contributed by atoms with Crippen molar-refractivity contribution >= 4 is 15.7 Å². The third-order valence-corrected chi connectivity index (χ3v) is 3.68. The number of hydrogen-bond donors (Lipinski definition) is 2. The Morgan fingerprint density at radius 2 is 1.63 bits per heavy atom. The third-order valence-electron chi connectivity index (χ3n) is 2.91. The number of nitrogen functional groups attached to an aromatic ring is 1. The summed E-state index contributed by atoms with van der Waals surface area (Å²) in [4.78, 5) is 0. The summed E-state index contributed by atoms with van der Waals surface area (Å²) in [6.45, 7) is 0. The molecule has 0 spiro atoms. The van der Waals surface area contributed by atoms with Crippen LogP contribution in [0, 0.1) is 0 Å². The SMILES string of the molecule is Nc1cc(-c2ccccc2)ccc1CCS(N)(=O)=O. The van der Waals surface area contributed by atoms with Gasteiger partial charge < -0.3 is 5.73 Å². The molecule has 0 aliphatic carbocycles. The zero-order valence-corrected chi connectivity index (χ0v) is 11.2. The lowest BCUT2D eigenvalue weighted by Crippen LogP contribution is -2.18. The van der Waals surface area contributed by atoms with E-state index >= 15 is 0 Å². The smallest absolute Gasteiger partial charge is 0.209 e. The van der Waals surface area contributed by atoms with Crippen LogP contribution in [0.25, 0.3) is 11.1 Å². The summed E-state index contributed by atoms with van der Waals surface area (Å²) in [5.41, 5.74) is 9.43. The summed E-state index contributed by atoms with van der Waals surface area (Å²) >= 11 is 0. The molecule has 19 heavy (non-hydrogen) atoms. The first kappa shape index (κ1) is 13.6. The van der Waals surface area contributed by atoms with Gasteiger partial charge in [0.25, 0.3) is 0 Å². The van der Waals surface area contributed by atoms with E-state index in [0.717, 1.165) is 16.7 Å². The van der Waals surface area contributed by atoms with Gasteiger partial charge in [0, 0.05) is 5.69 Å². The molecular weight excluding hydrogens is 260 g/mol. The molecule has 0 aromatic heterocycles. The molecule has 0 atom stereocenters. The summed E-state index contributed by atoms with van der Waals surface area (Å²) in [5.74, 6) is -0.0954. The fourth-order valence-electron chi connectivity index (χ4n) is 1.88. The van der Waals surface area contributed by atoms with Crippen LogP contribution in [0.2, 0.25) is 0 Å². The van der Waals surface area contributed by atoms with Crippen molar-refractivity contribution in [2.45, 2.75) is 6.42 Å². The standard InChI is InChI=1S/C14H16N2O2S/c15-14-10-13(11-4-2-1-3-5-11)7-6-12(14)8-9-19(16,17)18/h1-7,10H,8-9,15H2,(H2,16,17,18). The molecular formula is C14H16N2O2S. The lowest BCUT2D eigenvalue weighted by atomic mass is 10.0. The second-order valence-electron chi connectivity index (χ2n) is 4.40. The molecule has 5 heteroatoms. The average Bonchev–Trinajstić information content (AvgIpc) is 2.37. The van der Waals surface area contributed by atoms with Crippen LogP contribution >= 0.6 is 0 Å². The Bertz CT molecular complexity index is 667. The van der Waals surface area contributed by atoms with E-state index in [1.165, 1.54) is 0 Å². The fraction of sp³-hybridized carbons (Fsp3) is 0.143. The molecule has 100 valence electrons. The van der Waals surface area contributed by atoms with Crippen LogP contribution in [0.5, 0.6) is 0 Å². The fourth-order valence-corrected chi connectivity index (χ4v) is 2.39. The number of benzene rings is 2. The van der Waals surface area contributed by atoms with E-state index in [2.05, 4.69) is 0 Å². The Kier molecular flexibility index (Phi) is 3.87. The predicted molar refractivity (Wildman–Crippen MR) is 78.0 cm³/mol. The van der Waals surface area contributed by atoms with E-state index in [-0.39, 0.29) is 5.75 Å². The number of rotatable bonds is 4. The Morgan fingerprint density at radius 1 is 0.947 bits per heavy atom. The first-order chi connectivity index (χ1) is 8.96. The van der Waals surface area contributed by atoms with Crippen LogP contribution in [0.1, 0.15) is 5.56 Å². The molecule has 0 aliphatic rings. The Morgan fingerprint density at radius 3 is 2.21 bits per heavy atom. The quantitative estimate of drug-likeness (QED) is 0.834. The number of sulfonamides is 1. The topological polar surface area (TPSA) is 86.2 Å². The zero-order chi connectivity index (χ0) is 13.9. The van der Waals surface area contributed by atoms with Gasteiger partial charge >= 0.3 is 0 Å². The molecule has 0 radical (unpaired) electrons. The zero-order valence-electron chi connectivity index (χ0n) is 10.4. The molecule has 0 heterocycles. The molecule has 0 saturated heterocycles. The minimum atomic E-state index is -3.46. The lowest BCUT2D eigenvalue weighted by molar-refractivity contribution is 0.597. The van der Waals surface area contributed by atoms with Gasteiger partial charge in [0.1, 0.15) is 0 Å². The first-order valence-corrected chi connectivity index (χ1v) is 7.61. The van der Waals surface area contributed by atoms with Gasteiger partial charge in [-0.1, -0.05) is 42.5 Å². The van der Waals surface area contributed by atoms with Crippen LogP contribution in [0.3, 0.4) is 0 Å². The van der Waals surface area contributed by atoms with Crippen molar-refractivity contribution < 1.29 is 8.42 Å². The molecule has 0 fully saturated rings. The van der Waals surface area contributed by atoms with Crippen molar-refractivity contribution in [1.29, 1.82) is 0 Å². The highest BCUT2D eigenvalue weighted by Crippen LogP contribution is 2.24. The van der Waals surface area contributed by atoms with Crippen molar-refractivity contribution in [3.63, 3.8) is 0 Å². The second-order valence-corrected chi connectivity index (χ2v) is 6.13. The number of hydrogen-bond acceptors (Lipinski definition) is 3. The molecule has 0 unspecified atom stereocenters. The summed E-state index contributed by atoms with van der Waals surface area (Å²) < 4.78 is 21.9. The molecule has 0 bridgehead atoms. The minimum absolute atomic E-state index is 0.0954.